The minimum absolute atomic E-state index is 0.171. The Labute approximate surface area is 146 Å². The van der Waals surface area contributed by atoms with Crippen LogP contribution in [-0.4, -0.2) is 39.7 Å². The van der Waals surface area contributed by atoms with Gasteiger partial charge in [0.25, 0.3) is 0 Å². The Morgan fingerprint density at radius 1 is 1.17 bits per heavy atom. The molecule has 2 aromatic rings. The van der Waals surface area contributed by atoms with Crippen molar-refractivity contribution < 1.29 is 9.90 Å². The van der Waals surface area contributed by atoms with E-state index in [1.165, 1.54) is 0 Å². The summed E-state index contributed by atoms with van der Waals surface area (Å²) in [4.78, 5) is 19.3. The Kier molecular flexibility index (Phi) is 5.88. The third-order valence-corrected chi connectivity index (χ3v) is 5.49. The largest absolute Gasteiger partial charge is 0.388 e. The van der Waals surface area contributed by atoms with Crippen molar-refractivity contribution in [3.8, 4) is 0 Å². The molecule has 2 heterocycles. The molecule has 1 fully saturated rings. The number of rotatable bonds is 5. The predicted molar refractivity (Wildman–Crippen MR) is 95.7 cm³/mol. The lowest BCUT2D eigenvalue weighted by Crippen LogP contribution is -2.40. The average molecular weight is 342 g/mol. The molecule has 1 amide bonds. The van der Waals surface area contributed by atoms with E-state index in [4.69, 9.17) is 0 Å². The molecular weight excluding hydrogens is 320 g/mol. The van der Waals surface area contributed by atoms with Gasteiger partial charge in [-0.25, -0.2) is 0 Å². The second-order valence-electron chi connectivity index (χ2n) is 6.05. The monoisotopic (exact) mass is 342 g/mol. The normalized spacial score (nSPS) is 16.8. The minimum atomic E-state index is -0.436. The Hall–Kier alpha value is -1.85. The van der Waals surface area contributed by atoms with Crippen molar-refractivity contribution in [2.75, 3.05) is 18.8 Å². The van der Waals surface area contributed by atoms with Gasteiger partial charge in [-0.05, 0) is 36.5 Å². The number of amides is 1. The summed E-state index contributed by atoms with van der Waals surface area (Å²) in [6.45, 7) is 1.45. The van der Waals surface area contributed by atoms with Gasteiger partial charge in [0.15, 0.2) is 0 Å². The van der Waals surface area contributed by atoms with Gasteiger partial charge < -0.3 is 10.0 Å². The van der Waals surface area contributed by atoms with Crippen LogP contribution in [0.1, 0.15) is 24.5 Å². The van der Waals surface area contributed by atoms with Gasteiger partial charge in [-0.2, -0.15) is 0 Å². The second kappa shape index (κ2) is 8.31. The lowest BCUT2D eigenvalue weighted by atomic mass is 9.87. The summed E-state index contributed by atoms with van der Waals surface area (Å²) in [6, 6.07) is 13.6. The third kappa shape index (κ3) is 4.36. The molecule has 1 saturated heterocycles. The summed E-state index contributed by atoms with van der Waals surface area (Å²) in [6.07, 6.45) is 4.74. The van der Waals surface area contributed by atoms with E-state index >= 15 is 0 Å². The molecule has 0 radical (unpaired) electrons. The lowest BCUT2D eigenvalue weighted by Gasteiger charge is -2.34. The number of aliphatic hydroxyl groups is 1. The maximum absolute atomic E-state index is 12.3. The van der Waals surface area contributed by atoms with Crippen molar-refractivity contribution >= 4 is 17.7 Å². The highest BCUT2D eigenvalue weighted by Gasteiger charge is 2.28. The van der Waals surface area contributed by atoms with Crippen molar-refractivity contribution in [2.45, 2.75) is 23.8 Å². The third-order valence-electron chi connectivity index (χ3n) is 4.49. The molecule has 1 unspecified atom stereocenters. The number of likely N-dealkylation sites (tertiary alicyclic amines) is 1. The van der Waals surface area contributed by atoms with Gasteiger partial charge in [0, 0.05) is 30.4 Å². The quantitative estimate of drug-likeness (QED) is 0.848. The Morgan fingerprint density at radius 3 is 2.50 bits per heavy atom. The topological polar surface area (TPSA) is 53.4 Å². The lowest BCUT2D eigenvalue weighted by molar-refractivity contribution is -0.130. The van der Waals surface area contributed by atoms with Crippen LogP contribution < -0.4 is 0 Å². The zero-order valence-electron chi connectivity index (χ0n) is 13.5. The fourth-order valence-electron chi connectivity index (χ4n) is 3.06. The van der Waals surface area contributed by atoms with Crippen molar-refractivity contribution in [2.24, 2.45) is 5.92 Å². The van der Waals surface area contributed by atoms with Gasteiger partial charge in [-0.15, -0.1) is 11.8 Å². The summed E-state index contributed by atoms with van der Waals surface area (Å²) in [5.74, 6) is 0.851. The van der Waals surface area contributed by atoms with Gasteiger partial charge in [0.05, 0.1) is 11.9 Å². The molecule has 0 bridgehead atoms. The Balaban J connectivity index is 1.47. The number of pyridine rings is 1. The molecule has 0 saturated carbocycles. The number of carbonyl (C=O) groups is 1. The van der Waals surface area contributed by atoms with Gasteiger partial charge in [-0.1, -0.05) is 30.3 Å². The van der Waals surface area contributed by atoms with E-state index in [0.29, 0.717) is 5.75 Å². The van der Waals surface area contributed by atoms with Crippen LogP contribution in [0, 0.1) is 5.92 Å². The highest BCUT2D eigenvalue weighted by atomic mass is 32.2. The molecule has 0 aliphatic carbocycles. The fourth-order valence-corrected chi connectivity index (χ4v) is 3.84. The molecule has 3 rings (SSSR count). The summed E-state index contributed by atoms with van der Waals surface area (Å²) in [7, 11) is 0. The van der Waals surface area contributed by atoms with E-state index in [9.17, 15) is 9.90 Å². The summed E-state index contributed by atoms with van der Waals surface area (Å²) >= 11 is 1.55. The number of carbonyl (C=O) groups excluding carboxylic acids is 1. The van der Waals surface area contributed by atoms with Crippen LogP contribution in [0.3, 0.4) is 0 Å². The van der Waals surface area contributed by atoms with Gasteiger partial charge in [0.2, 0.25) is 5.91 Å². The SMILES string of the molecule is O=C(CSc1ccncc1)N1CCC(C(O)c2ccccc2)CC1. The van der Waals surface area contributed by atoms with Crippen LogP contribution in [0.5, 0.6) is 0 Å². The molecule has 1 N–H and O–H groups in total. The molecule has 1 atom stereocenters. The number of thioether (sulfide) groups is 1. The molecule has 24 heavy (non-hydrogen) atoms. The fraction of sp³-hybridized carbons (Fsp3) is 0.368. The van der Waals surface area contributed by atoms with Crippen LogP contribution >= 0.6 is 11.8 Å². The number of aliphatic hydroxyl groups excluding tert-OH is 1. The minimum Gasteiger partial charge on any atom is -0.388 e. The average Bonchev–Trinajstić information content (AvgIpc) is 2.67. The first-order valence-electron chi connectivity index (χ1n) is 8.27. The first-order valence-corrected chi connectivity index (χ1v) is 9.26. The molecule has 126 valence electrons. The van der Waals surface area contributed by atoms with Crippen LogP contribution in [0.25, 0.3) is 0 Å². The number of hydrogen-bond acceptors (Lipinski definition) is 4. The zero-order valence-corrected chi connectivity index (χ0v) is 14.4. The zero-order chi connectivity index (χ0) is 16.8. The van der Waals surface area contributed by atoms with Crippen molar-refractivity contribution in [1.29, 1.82) is 0 Å². The molecular formula is C19H22N2O2S. The Morgan fingerprint density at radius 2 is 1.83 bits per heavy atom. The van der Waals surface area contributed by atoms with E-state index in [0.717, 1.165) is 36.4 Å². The van der Waals surface area contributed by atoms with Gasteiger partial charge in [0.1, 0.15) is 0 Å². The molecule has 1 aromatic carbocycles. The number of nitrogens with zero attached hydrogens (tertiary/aromatic N) is 2. The van der Waals surface area contributed by atoms with Crippen molar-refractivity contribution in [1.82, 2.24) is 9.88 Å². The van der Waals surface area contributed by atoms with E-state index < -0.39 is 6.10 Å². The number of piperidine rings is 1. The van der Waals surface area contributed by atoms with Crippen LogP contribution in [-0.2, 0) is 4.79 Å². The maximum Gasteiger partial charge on any atom is 0.232 e. The summed E-state index contributed by atoms with van der Waals surface area (Å²) in [5.41, 5.74) is 0.968. The molecule has 0 spiro atoms. The van der Waals surface area contributed by atoms with Gasteiger partial charge in [-0.3, -0.25) is 9.78 Å². The summed E-state index contributed by atoms with van der Waals surface area (Å²) < 4.78 is 0. The van der Waals surface area contributed by atoms with E-state index in [1.54, 1.807) is 24.2 Å². The van der Waals surface area contributed by atoms with E-state index in [2.05, 4.69) is 4.98 Å². The van der Waals surface area contributed by atoms with Crippen molar-refractivity contribution in [3.05, 3.63) is 60.4 Å². The van der Waals surface area contributed by atoms with Crippen molar-refractivity contribution in [3.63, 3.8) is 0 Å². The standard InChI is InChI=1S/C19H22N2O2S/c22-18(14-24-17-6-10-20-11-7-17)21-12-8-16(9-13-21)19(23)15-4-2-1-3-5-15/h1-7,10-11,16,19,23H,8-9,12-14H2. The van der Waals surface area contributed by atoms with Crippen LogP contribution in [0.2, 0.25) is 0 Å². The molecule has 1 aliphatic rings. The molecule has 4 nitrogen and oxygen atoms in total. The molecule has 1 aliphatic heterocycles. The van der Waals surface area contributed by atoms with E-state index in [-0.39, 0.29) is 11.8 Å². The first-order chi connectivity index (χ1) is 11.7. The highest BCUT2D eigenvalue weighted by molar-refractivity contribution is 8.00. The number of benzene rings is 1. The first kappa shape index (κ1) is 17.0. The predicted octanol–water partition coefficient (Wildman–Crippen LogP) is 3.15. The molecule has 1 aromatic heterocycles. The van der Waals surface area contributed by atoms with E-state index in [1.807, 2.05) is 47.4 Å². The smallest absolute Gasteiger partial charge is 0.232 e. The second-order valence-corrected chi connectivity index (χ2v) is 7.09. The maximum atomic E-state index is 12.3. The van der Waals surface area contributed by atoms with Crippen LogP contribution in [0.15, 0.2) is 59.8 Å². The summed E-state index contributed by atoms with van der Waals surface area (Å²) in [5, 5.41) is 10.5. The van der Waals surface area contributed by atoms with Gasteiger partial charge >= 0.3 is 0 Å². The van der Waals surface area contributed by atoms with Crippen LogP contribution in [0.4, 0.5) is 0 Å². The highest BCUT2D eigenvalue weighted by Crippen LogP contribution is 2.31. The molecule has 5 heteroatoms. The Bertz CT molecular complexity index is 643. The number of aromatic nitrogens is 1. The number of hydrogen-bond donors (Lipinski definition) is 1.